The summed E-state index contributed by atoms with van der Waals surface area (Å²) in [5, 5.41) is 0. The van der Waals surface area contributed by atoms with E-state index in [9.17, 15) is 13.2 Å². The topological polar surface area (TPSA) is 30.9 Å². The van der Waals surface area contributed by atoms with E-state index in [0.29, 0.717) is 0 Å². The van der Waals surface area contributed by atoms with Gasteiger partial charge in [0.05, 0.1) is 11.3 Å². The molecule has 2 nitrogen and oxygen atoms in total. The highest BCUT2D eigenvalue weighted by Gasteiger charge is 2.33. The maximum atomic E-state index is 12.0. The third-order valence-corrected chi connectivity index (χ3v) is 1.29. The molecule has 0 saturated heterocycles. The lowest BCUT2D eigenvalue weighted by Crippen LogP contribution is -2.06. The van der Waals surface area contributed by atoms with Crippen LogP contribution < -0.4 is 5.73 Å². The Morgan fingerprint density at radius 3 is 2.09 bits per heavy atom. The van der Waals surface area contributed by atoms with Gasteiger partial charge in [0.1, 0.15) is 0 Å². The number of anilines is 1. The van der Waals surface area contributed by atoms with Crippen molar-refractivity contribution in [3.63, 3.8) is 0 Å². The van der Waals surface area contributed by atoms with Gasteiger partial charge in [0.2, 0.25) is 0 Å². The van der Waals surface area contributed by atoms with E-state index < -0.39 is 11.7 Å². The van der Waals surface area contributed by atoms with E-state index in [1.165, 1.54) is 17.8 Å². The largest absolute Gasteiger partial charge is 0.419 e. The predicted octanol–water partition coefficient (Wildman–Crippen LogP) is 1.63. The Morgan fingerprint density at radius 1 is 1.36 bits per heavy atom. The Hall–Kier alpha value is -1.13. The van der Waals surface area contributed by atoms with E-state index in [2.05, 4.69) is 0 Å². The average molecular weight is 164 g/mol. The number of hydrogen-bond donors (Lipinski definition) is 1. The minimum atomic E-state index is -4.34. The van der Waals surface area contributed by atoms with Crippen LogP contribution in [-0.2, 0) is 13.2 Å². The fraction of sp³-hybridized carbons (Fsp3) is 0.333. The molecule has 0 aliphatic carbocycles. The van der Waals surface area contributed by atoms with Crippen LogP contribution in [0.3, 0.4) is 0 Å². The van der Waals surface area contributed by atoms with Crippen molar-refractivity contribution < 1.29 is 13.2 Å². The third-order valence-electron chi connectivity index (χ3n) is 1.29. The Labute approximate surface area is 61.4 Å². The Bertz CT molecular complexity index is 261. The molecule has 0 atom stereocenters. The molecule has 0 bridgehead atoms. The van der Waals surface area contributed by atoms with Gasteiger partial charge in [-0.05, 0) is 0 Å². The van der Waals surface area contributed by atoms with Gasteiger partial charge in [0.15, 0.2) is 0 Å². The SMILES string of the molecule is Cn1cc(N)c(C(F)(F)F)c1. The number of aryl methyl sites for hydroxylation is 1. The summed E-state index contributed by atoms with van der Waals surface area (Å²) in [5.74, 6) is 0. The zero-order valence-electron chi connectivity index (χ0n) is 5.81. The lowest BCUT2D eigenvalue weighted by molar-refractivity contribution is -0.136. The van der Waals surface area contributed by atoms with Crippen LogP contribution in [0.15, 0.2) is 12.4 Å². The minimum Gasteiger partial charge on any atom is -0.397 e. The highest BCUT2D eigenvalue weighted by Crippen LogP contribution is 2.33. The molecular formula is C6H7F3N2. The first-order chi connectivity index (χ1) is 4.91. The van der Waals surface area contributed by atoms with Crippen LogP contribution >= 0.6 is 0 Å². The molecule has 0 radical (unpaired) electrons. The van der Waals surface area contributed by atoms with Gasteiger partial charge in [-0.3, -0.25) is 0 Å². The Balaban J connectivity index is 3.13. The second-order valence-corrected chi connectivity index (χ2v) is 2.29. The summed E-state index contributed by atoms with van der Waals surface area (Å²) in [6, 6.07) is 0. The van der Waals surface area contributed by atoms with Crippen LogP contribution in [0.25, 0.3) is 0 Å². The molecular weight excluding hydrogens is 157 g/mol. The van der Waals surface area contributed by atoms with E-state index >= 15 is 0 Å². The zero-order valence-corrected chi connectivity index (χ0v) is 5.81. The van der Waals surface area contributed by atoms with Crippen LogP contribution in [0, 0.1) is 0 Å². The molecule has 62 valence electrons. The number of nitrogens with zero attached hydrogens (tertiary/aromatic N) is 1. The Morgan fingerprint density at radius 2 is 1.91 bits per heavy atom. The van der Waals surface area contributed by atoms with Gasteiger partial charge in [-0.1, -0.05) is 0 Å². The van der Waals surface area contributed by atoms with Gasteiger partial charge in [-0.25, -0.2) is 0 Å². The summed E-state index contributed by atoms with van der Waals surface area (Å²) in [6.07, 6.45) is -2.16. The van der Waals surface area contributed by atoms with E-state index in [1.54, 1.807) is 0 Å². The van der Waals surface area contributed by atoms with E-state index in [-0.39, 0.29) is 5.69 Å². The molecule has 0 amide bonds. The van der Waals surface area contributed by atoms with E-state index in [4.69, 9.17) is 5.73 Å². The van der Waals surface area contributed by atoms with Crippen molar-refractivity contribution in [3.05, 3.63) is 18.0 Å². The maximum Gasteiger partial charge on any atom is 0.419 e. The van der Waals surface area contributed by atoms with Crippen LogP contribution in [0.2, 0.25) is 0 Å². The normalized spacial score (nSPS) is 12.0. The van der Waals surface area contributed by atoms with Crippen molar-refractivity contribution >= 4 is 5.69 Å². The number of hydrogen-bond acceptors (Lipinski definition) is 1. The molecule has 2 N–H and O–H groups in total. The maximum absolute atomic E-state index is 12.0. The van der Waals surface area contributed by atoms with Crippen molar-refractivity contribution in [3.8, 4) is 0 Å². The first-order valence-electron chi connectivity index (χ1n) is 2.90. The van der Waals surface area contributed by atoms with Crippen LogP contribution in [0.1, 0.15) is 5.56 Å². The van der Waals surface area contributed by atoms with E-state index in [1.807, 2.05) is 0 Å². The predicted molar refractivity (Wildman–Crippen MR) is 34.8 cm³/mol. The molecule has 0 aliphatic heterocycles. The second-order valence-electron chi connectivity index (χ2n) is 2.29. The first-order valence-corrected chi connectivity index (χ1v) is 2.90. The summed E-state index contributed by atoms with van der Waals surface area (Å²) in [5.41, 5.74) is 4.07. The molecule has 0 unspecified atom stereocenters. The highest BCUT2D eigenvalue weighted by atomic mass is 19.4. The van der Waals surface area contributed by atoms with Crippen molar-refractivity contribution in [2.24, 2.45) is 7.05 Å². The first kappa shape index (κ1) is 7.97. The molecule has 1 aromatic heterocycles. The molecule has 11 heavy (non-hydrogen) atoms. The van der Waals surface area contributed by atoms with E-state index in [0.717, 1.165) is 6.20 Å². The molecule has 1 rings (SSSR count). The Kier molecular flexibility index (Phi) is 1.58. The van der Waals surface area contributed by atoms with Gasteiger partial charge >= 0.3 is 6.18 Å². The van der Waals surface area contributed by atoms with Gasteiger partial charge in [-0.15, -0.1) is 0 Å². The average Bonchev–Trinajstić information content (AvgIpc) is 2.08. The standard InChI is InChI=1S/C6H7F3N2/c1-11-2-4(5(10)3-11)6(7,8)9/h2-3H,10H2,1H3. The summed E-state index contributed by atoms with van der Waals surface area (Å²) in [4.78, 5) is 0. The fourth-order valence-electron chi connectivity index (χ4n) is 0.841. The molecule has 5 heteroatoms. The number of halogens is 3. The van der Waals surface area contributed by atoms with Crippen LogP contribution in [-0.4, -0.2) is 4.57 Å². The smallest absolute Gasteiger partial charge is 0.397 e. The monoisotopic (exact) mass is 164 g/mol. The summed E-state index contributed by atoms with van der Waals surface area (Å²) in [7, 11) is 1.49. The van der Waals surface area contributed by atoms with Crippen LogP contribution in [0.4, 0.5) is 18.9 Å². The molecule has 1 aromatic rings. The van der Waals surface area contributed by atoms with Gasteiger partial charge in [0, 0.05) is 19.4 Å². The quantitative estimate of drug-likeness (QED) is 0.620. The zero-order chi connectivity index (χ0) is 8.65. The van der Waals surface area contributed by atoms with Crippen molar-refractivity contribution in [2.45, 2.75) is 6.18 Å². The van der Waals surface area contributed by atoms with Crippen LogP contribution in [0.5, 0.6) is 0 Å². The molecule has 0 fully saturated rings. The molecule has 0 spiro atoms. The summed E-state index contributed by atoms with van der Waals surface area (Å²) < 4.78 is 37.2. The fourth-order valence-corrected chi connectivity index (χ4v) is 0.841. The number of rotatable bonds is 0. The highest BCUT2D eigenvalue weighted by molar-refractivity contribution is 5.46. The molecule has 0 aromatic carbocycles. The van der Waals surface area contributed by atoms with Gasteiger partial charge in [-0.2, -0.15) is 13.2 Å². The number of aromatic nitrogens is 1. The lowest BCUT2D eigenvalue weighted by Gasteiger charge is -2.03. The number of alkyl halides is 3. The number of nitrogen functional groups attached to an aromatic ring is 1. The number of nitrogens with two attached hydrogens (primary N) is 1. The molecule has 1 heterocycles. The van der Waals surface area contributed by atoms with Gasteiger partial charge in [0.25, 0.3) is 0 Å². The summed E-state index contributed by atoms with van der Waals surface area (Å²) in [6.45, 7) is 0. The molecule has 0 saturated carbocycles. The van der Waals surface area contributed by atoms with Crippen molar-refractivity contribution in [1.29, 1.82) is 0 Å². The minimum absolute atomic E-state index is 0.236. The molecule has 0 aliphatic rings. The van der Waals surface area contributed by atoms with Crippen molar-refractivity contribution in [1.82, 2.24) is 4.57 Å². The van der Waals surface area contributed by atoms with Crippen molar-refractivity contribution in [2.75, 3.05) is 5.73 Å². The second kappa shape index (κ2) is 2.18. The lowest BCUT2D eigenvalue weighted by atomic mass is 10.3. The third kappa shape index (κ3) is 1.47. The summed E-state index contributed by atoms with van der Waals surface area (Å²) >= 11 is 0. The van der Waals surface area contributed by atoms with Gasteiger partial charge < -0.3 is 10.3 Å².